The first-order valence-corrected chi connectivity index (χ1v) is 9.85. The van der Waals surface area contributed by atoms with E-state index >= 15 is 0 Å². The molecule has 1 aromatic carbocycles. The molecule has 2 aromatic rings. The Labute approximate surface area is 154 Å². The number of nitrogens with one attached hydrogen (secondary N) is 1. The molecule has 1 N–H and O–H groups in total. The van der Waals surface area contributed by atoms with Gasteiger partial charge >= 0.3 is 0 Å². The fourth-order valence-corrected chi connectivity index (χ4v) is 4.43. The molecule has 0 saturated heterocycles. The van der Waals surface area contributed by atoms with Gasteiger partial charge in [0, 0.05) is 19.2 Å². The molecule has 1 aromatic heterocycles. The van der Waals surface area contributed by atoms with E-state index < -0.39 is 10.0 Å². The summed E-state index contributed by atoms with van der Waals surface area (Å²) in [5, 5.41) is 12.7. The Morgan fingerprint density at radius 2 is 2.00 bits per heavy atom. The number of nitrogens with zero attached hydrogens (tertiary/aromatic N) is 3. The number of benzene rings is 1. The van der Waals surface area contributed by atoms with Crippen LogP contribution in [0.2, 0.25) is 0 Å². The Hall–Kier alpha value is -2.53. The van der Waals surface area contributed by atoms with Gasteiger partial charge in [-0.1, -0.05) is 0 Å². The molecule has 140 valence electrons. The van der Waals surface area contributed by atoms with Crippen LogP contribution in [0.4, 0.5) is 5.69 Å². The van der Waals surface area contributed by atoms with Gasteiger partial charge in [-0.15, -0.1) is 0 Å². The molecule has 0 unspecified atom stereocenters. The van der Waals surface area contributed by atoms with Crippen molar-refractivity contribution in [3.63, 3.8) is 0 Å². The van der Waals surface area contributed by atoms with Crippen LogP contribution >= 0.6 is 0 Å². The summed E-state index contributed by atoms with van der Waals surface area (Å²) in [6.45, 7) is 6.01. The summed E-state index contributed by atoms with van der Waals surface area (Å²) in [5.74, 6) is 0.670. The zero-order valence-corrected chi connectivity index (χ0v) is 16.4. The molecular weight excluding hydrogens is 352 g/mol. The minimum atomic E-state index is -3.74. The van der Waals surface area contributed by atoms with E-state index in [2.05, 4.69) is 15.9 Å². The molecule has 0 spiro atoms. The summed E-state index contributed by atoms with van der Waals surface area (Å²) in [6.07, 6.45) is 5.27. The van der Waals surface area contributed by atoms with E-state index in [0.717, 1.165) is 18.4 Å². The second-order valence-corrected chi connectivity index (χ2v) is 7.81. The zero-order valence-electron chi connectivity index (χ0n) is 15.5. The number of anilines is 1. The number of hydrogen-bond donors (Lipinski definition) is 1. The average molecular weight is 376 g/mol. The van der Waals surface area contributed by atoms with E-state index in [1.807, 2.05) is 6.92 Å². The summed E-state index contributed by atoms with van der Waals surface area (Å²) >= 11 is 0. The Morgan fingerprint density at radius 1 is 1.27 bits per heavy atom. The maximum absolute atomic E-state index is 12.9. The molecule has 0 radical (unpaired) electrons. The van der Waals surface area contributed by atoms with E-state index in [9.17, 15) is 8.42 Å². The third-order valence-electron chi connectivity index (χ3n) is 4.28. The van der Waals surface area contributed by atoms with Gasteiger partial charge < -0.3 is 4.74 Å². The summed E-state index contributed by atoms with van der Waals surface area (Å²) in [5.41, 5.74) is 2.50. The highest BCUT2D eigenvalue weighted by Crippen LogP contribution is 2.31. The van der Waals surface area contributed by atoms with E-state index in [0.29, 0.717) is 35.5 Å². The predicted molar refractivity (Wildman–Crippen MR) is 99.7 cm³/mol. The molecule has 1 heterocycles. The number of sulfonamides is 1. The van der Waals surface area contributed by atoms with Gasteiger partial charge in [0.05, 0.1) is 30.0 Å². The van der Waals surface area contributed by atoms with Gasteiger partial charge in [-0.3, -0.25) is 9.40 Å². The zero-order chi connectivity index (χ0) is 19.3. The maximum atomic E-state index is 12.9. The number of aryl methyl sites for hydroxylation is 2. The standard InChI is InChI=1S/C18H24N4O3S/c1-13-10-17(25-4)14(2)15(3)18(13)26(23,24)21-16-11-20-22(12-16)9-7-5-6-8-19/h10-12,21H,5-7,9H2,1-4H3. The molecule has 26 heavy (non-hydrogen) atoms. The molecule has 7 nitrogen and oxygen atoms in total. The monoisotopic (exact) mass is 376 g/mol. The highest BCUT2D eigenvalue weighted by atomic mass is 32.2. The van der Waals surface area contributed by atoms with Crippen LogP contribution in [-0.4, -0.2) is 25.3 Å². The molecule has 0 aliphatic rings. The lowest BCUT2D eigenvalue weighted by atomic mass is 10.1. The third-order valence-corrected chi connectivity index (χ3v) is 5.95. The van der Waals surface area contributed by atoms with Crippen molar-refractivity contribution in [3.05, 3.63) is 35.2 Å². The van der Waals surface area contributed by atoms with Gasteiger partial charge in [0.1, 0.15) is 5.75 Å². The van der Waals surface area contributed by atoms with E-state index in [-0.39, 0.29) is 4.90 Å². The van der Waals surface area contributed by atoms with Crippen LogP contribution < -0.4 is 9.46 Å². The Bertz CT molecular complexity index is 927. The fraction of sp³-hybridized carbons (Fsp3) is 0.444. The summed E-state index contributed by atoms with van der Waals surface area (Å²) in [7, 11) is -2.17. The van der Waals surface area contributed by atoms with Gasteiger partial charge in [0.2, 0.25) is 0 Å². The van der Waals surface area contributed by atoms with Crippen molar-refractivity contribution in [3.8, 4) is 11.8 Å². The van der Waals surface area contributed by atoms with Crippen molar-refractivity contribution >= 4 is 15.7 Å². The van der Waals surface area contributed by atoms with Crippen LogP contribution in [0.15, 0.2) is 23.4 Å². The highest BCUT2D eigenvalue weighted by molar-refractivity contribution is 7.92. The smallest absolute Gasteiger partial charge is 0.262 e. The number of rotatable bonds is 8. The lowest BCUT2D eigenvalue weighted by Crippen LogP contribution is -2.16. The van der Waals surface area contributed by atoms with Crippen molar-refractivity contribution in [1.82, 2.24) is 9.78 Å². The summed E-state index contributed by atoms with van der Waals surface area (Å²) in [4.78, 5) is 0.262. The SMILES string of the molecule is COc1cc(C)c(S(=O)(=O)Nc2cnn(CCCCC#N)c2)c(C)c1C. The first-order valence-electron chi connectivity index (χ1n) is 8.37. The lowest BCUT2D eigenvalue weighted by molar-refractivity contribution is 0.410. The number of aromatic nitrogens is 2. The largest absolute Gasteiger partial charge is 0.496 e. The third kappa shape index (κ3) is 4.35. The quantitative estimate of drug-likeness (QED) is 0.713. The van der Waals surface area contributed by atoms with Gasteiger partial charge in [0.15, 0.2) is 0 Å². The van der Waals surface area contributed by atoms with E-state index in [1.54, 1.807) is 37.9 Å². The Balaban J connectivity index is 2.21. The van der Waals surface area contributed by atoms with Gasteiger partial charge in [-0.25, -0.2) is 8.42 Å². The van der Waals surface area contributed by atoms with Gasteiger partial charge in [-0.2, -0.15) is 10.4 Å². The van der Waals surface area contributed by atoms with Crippen LogP contribution in [0.3, 0.4) is 0 Å². The first-order chi connectivity index (χ1) is 12.3. The number of nitriles is 1. The topological polar surface area (TPSA) is 97.0 Å². The molecule has 0 atom stereocenters. The minimum absolute atomic E-state index is 0.262. The Morgan fingerprint density at radius 3 is 2.65 bits per heavy atom. The molecule has 0 amide bonds. The maximum Gasteiger partial charge on any atom is 0.262 e. The Kier molecular flexibility index (Phi) is 6.27. The summed E-state index contributed by atoms with van der Waals surface area (Å²) < 4.78 is 35.3. The second-order valence-electron chi connectivity index (χ2n) is 6.19. The minimum Gasteiger partial charge on any atom is -0.496 e. The number of hydrogen-bond acceptors (Lipinski definition) is 5. The molecule has 0 aliphatic carbocycles. The van der Waals surface area contributed by atoms with Crippen molar-refractivity contribution in [2.75, 3.05) is 11.8 Å². The predicted octanol–water partition coefficient (Wildman–Crippen LogP) is 3.31. The highest BCUT2D eigenvalue weighted by Gasteiger charge is 2.23. The van der Waals surface area contributed by atoms with Gasteiger partial charge in [0.25, 0.3) is 10.0 Å². The molecule has 0 fully saturated rings. The summed E-state index contributed by atoms with van der Waals surface area (Å²) in [6, 6.07) is 3.83. The molecule has 0 saturated carbocycles. The van der Waals surface area contributed by atoms with Crippen molar-refractivity contribution in [1.29, 1.82) is 5.26 Å². The van der Waals surface area contributed by atoms with Crippen molar-refractivity contribution in [2.24, 2.45) is 0 Å². The molecule has 0 bridgehead atoms. The van der Waals surface area contributed by atoms with Crippen LogP contribution in [-0.2, 0) is 16.6 Å². The number of ether oxygens (including phenoxy) is 1. The van der Waals surface area contributed by atoms with Crippen molar-refractivity contribution < 1.29 is 13.2 Å². The second kappa shape index (κ2) is 8.23. The van der Waals surface area contributed by atoms with Crippen LogP contribution in [0, 0.1) is 32.1 Å². The molecule has 2 rings (SSSR count). The molecular formula is C18H24N4O3S. The van der Waals surface area contributed by atoms with E-state index in [4.69, 9.17) is 10.00 Å². The lowest BCUT2D eigenvalue weighted by Gasteiger charge is -2.16. The normalized spacial score (nSPS) is 11.2. The number of methoxy groups -OCH3 is 1. The van der Waals surface area contributed by atoms with E-state index in [1.165, 1.54) is 6.20 Å². The molecule has 0 aliphatic heterocycles. The van der Waals surface area contributed by atoms with Crippen LogP contribution in [0.5, 0.6) is 5.75 Å². The van der Waals surface area contributed by atoms with Crippen LogP contribution in [0.25, 0.3) is 0 Å². The number of unbranched alkanes of at least 4 members (excludes halogenated alkanes) is 2. The molecule has 8 heteroatoms. The van der Waals surface area contributed by atoms with Crippen LogP contribution in [0.1, 0.15) is 36.0 Å². The fourth-order valence-electron chi connectivity index (χ4n) is 2.87. The van der Waals surface area contributed by atoms with Crippen molar-refractivity contribution in [2.45, 2.75) is 51.5 Å². The average Bonchev–Trinajstić information content (AvgIpc) is 3.01. The van der Waals surface area contributed by atoms with Gasteiger partial charge in [-0.05, 0) is 56.4 Å². The first kappa shape index (κ1) is 19.8.